The molecule has 80 valence electrons. The normalized spacial score (nSPS) is 11.1. The van der Waals surface area contributed by atoms with Crippen LogP contribution in [0.3, 0.4) is 0 Å². The average Bonchev–Trinajstić information content (AvgIpc) is 2.16. The lowest BCUT2D eigenvalue weighted by Gasteiger charge is -2.03. The summed E-state index contributed by atoms with van der Waals surface area (Å²) in [6.45, 7) is 7.53. The van der Waals surface area contributed by atoms with Crippen molar-refractivity contribution in [2.24, 2.45) is 11.1 Å². The molecule has 0 aliphatic rings. The zero-order valence-corrected chi connectivity index (χ0v) is 9.55. The fourth-order valence-electron chi connectivity index (χ4n) is 0.714. The minimum absolute atomic E-state index is 0.323. The Bertz CT molecular complexity index is 223. The monoisotopic (exact) mass is 196 g/mol. The van der Waals surface area contributed by atoms with E-state index in [9.17, 15) is 0 Å². The summed E-state index contributed by atoms with van der Waals surface area (Å²) >= 11 is 0. The smallest absolute Gasteiger partial charge is 0.132 e. The summed E-state index contributed by atoms with van der Waals surface area (Å²) in [7, 11) is 1.88. The van der Waals surface area contributed by atoms with Gasteiger partial charge in [0.1, 0.15) is 12.3 Å². The highest BCUT2D eigenvalue weighted by molar-refractivity contribution is 6.01. The molecule has 14 heavy (non-hydrogen) atoms. The highest BCUT2D eigenvalue weighted by atomic mass is 16.6. The van der Waals surface area contributed by atoms with E-state index < -0.39 is 0 Å². The maximum atomic E-state index is 5.12. The quantitative estimate of drug-likeness (QED) is 0.314. The van der Waals surface area contributed by atoms with E-state index in [4.69, 9.17) is 4.84 Å². The molecule has 3 nitrogen and oxygen atoms in total. The van der Waals surface area contributed by atoms with E-state index >= 15 is 0 Å². The van der Waals surface area contributed by atoms with Crippen molar-refractivity contribution in [1.29, 1.82) is 0 Å². The number of rotatable bonds is 5. The van der Waals surface area contributed by atoms with Crippen LogP contribution in [0, 0.1) is 17.8 Å². The molecule has 0 fully saturated rings. The van der Waals surface area contributed by atoms with Crippen LogP contribution in [0.5, 0.6) is 0 Å². The molecule has 0 aliphatic heterocycles. The molecule has 0 amide bonds. The first-order valence-corrected chi connectivity index (χ1v) is 5.05. The summed E-state index contributed by atoms with van der Waals surface area (Å²) in [5, 5.41) is 6.98. The molecule has 1 N–H and O–H groups in total. The van der Waals surface area contributed by atoms with Crippen LogP contribution in [0.1, 0.15) is 27.2 Å². The molecule has 0 saturated carbocycles. The van der Waals surface area contributed by atoms with Crippen molar-refractivity contribution in [3.05, 3.63) is 0 Å². The minimum Gasteiger partial charge on any atom is -0.394 e. The largest absolute Gasteiger partial charge is 0.394 e. The van der Waals surface area contributed by atoms with Gasteiger partial charge in [-0.15, -0.1) is 0 Å². The van der Waals surface area contributed by atoms with Crippen molar-refractivity contribution in [3.8, 4) is 11.8 Å². The van der Waals surface area contributed by atoms with Crippen LogP contribution < -0.4 is 5.32 Å². The van der Waals surface area contributed by atoms with Crippen molar-refractivity contribution < 1.29 is 4.84 Å². The third-order valence-electron chi connectivity index (χ3n) is 1.55. The lowest BCUT2D eigenvalue weighted by atomic mass is 10.1. The van der Waals surface area contributed by atoms with Gasteiger partial charge in [0, 0.05) is 18.9 Å². The number of nitrogens with one attached hydrogen (secondary N) is 1. The van der Waals surface area contributed by atoms with E-state index in [1.807, 2.05) is 14.0 Å². The molecule has 0 unspecified atom stereocenters. The maximum Gasteiger partial charge on any atom is 0.132 e. The maximum absolute atomic E-state index is 5.12. The van der Waals surface area contributed by atoms with Gasteiger partial charge in [0.05, 0.1) is 0 Å². The molecule has 0 aliphatic carbocycles. The third-order valence-corrected chi connectivity index (χ3v) is 1.55. The van der Waals surface area contributed by atoms with Gasteiger partial charge >= 0.3 is 0 Å². The molecule has 0 spiro atoms. The van der Waals surface area contributed by atoms with Crippen molar-refractivity contribution in [3.63, 3.8) is 0 Å². The Balaban J connectivity index is 4.06. The van der Waals surface area contributed by atoms with Crippen LogP contribution in [0.4, 0.5) is 0 Å². The molecule has 0 saturated heterocycles. The van der Waals surface area contributed by atoms with Crippen LogP contribution in [-0.2, 0) is 4.84 Å². The predicted octanol–water partition coefficient (Wildman–Crippen LogP) is 1.65. The zero-order valence-electron chi connectivity index (χ0n) is 9.55. The second-order valence-electron chi connectivity index (χ2n) is 3.22. The lowest BCUT2D eigenvalue weighted by molar-refractivity contribution is 0.147. The molecule has 0 aromatic rings. The van der Waals surface area contributed by atoms with Crippen LogP contribution >= 0.6 is 0 Å². The van der Waals surface area contributed by atoms with E-state index in [0.717, 1.165) is 18.7 Å². The van der Waals surface area contributed by atoms with Gasteiger partial charge in [-0.05, 0) is 13.0 Å². The molecule has 3 heteroatoms. The molecule has 0 heterocycles. The topological polar surface area (TPSA) is 33.6 Å². The second kappa shape index (κ2) is 8.58. The Morgan fingerprint density at radius 2 is 2.21 bits per heavy atom. The van der Waals surface area contributed by atoms with E-state index in [-0.39, 0.29) is 0 Å². The van der Waals surface area contributed by atoms with Crippen LogP contribution in [0.25, 0.3) is 0 Å². The highest BCUT2D eigenvalue weighted by Gasteiger charge is 2.01. The molecule has 0 bridgehead atoms. The number of hydrogen-bond acceptors (Lipinski definition) is 3. The van der Waals surface area contributed by atoms with Gasteiger partial charge in [-0.3, -0.25) is 0 Å². The fourth-order valence-corrected chi connectivity index (χ4v) is 0.714. The molecule has 0 rings (SSSR count). The van der Waals surface area contributed by atoms with E-state index in [1.165, 1.54) is 0 Å². The van der Waals surface area contributed by atoms with Crippen LogP contribution in [0.2, 0.25) is 0 Å². The van der Waals surface area contributed by atoms with Crippen molar-refractivity contribution in [2.45, 2.75) is 27.2 Å². The molecule has 0 radical (unpaired) electrons. The lowest BCUT2D eigenvalue weighted by Crippen LogP contribution is -2.14. The minimum atomic E-state index is 0.323. The molecule has 0 aromatic heterocycles. The van der Waals surface area contributed by atoms with E-state index in [0.29, 0.717) is 12.5 Å². The summed E-state index contributed by atoms with van der Waals surface area (Å²) in [4.78, 5) is 5.12. The van der Waals surface area contributed by atoms with Crippen molar-refractivity contribution in [2.75, 3.05) is 20.2 Å². The molecule has 0 atom stereocenters. The Hall–Kier alpha value is -1.01. The van der Waals surface area contributed by atoms with E-state index in [1.54, 1.807) is 0 Å². The average molecular weight is 196 g/mol. The predicted molar refractivity (Wildman–Crippen MR) is 60.2 cm³/mol. The Morgan fingerprint density at radius 1 is 1.50 bits per heavy atom. The number of nitrogens with zero attached hydrogens (tertiary/aromatic N) is 1. The van der Waals surface area contributed by atoms with Crippen LogP contribution in [0.15, 0.2) is 5.16 Å². The van der Waals surface area contributed by atoms with Gasteiger partial charge in [-0.25, -0.2) is 0 Å². The number of oxime groups is 1. The fraction of sp³-hybridized carbons (Fsp3) is 0.727. The van der Waals surface area contributed by atoms with Gasteiger partial charge in [0.15, 0.2) is 0 Å². The van der Waals surface area contributed by atoms with Gasteiger partial charge in [0.25, 0.3) is 0 Å². The standard InChI is InChI=1S/C11H20N2O/c1-5-6-7-11(10(2)3)13-14-9-8-12-4/h10,12H,5,8-9H2,1-4H3/b13-11+. The number of hydrogen-bond donors (Lipinski definition) is 1. The van der Waals surface area contributed by atoms with Gasteiger partial charge < -0.3 is 10.2 Å². The summed E-state index contributed by atoms with van der Waals surface area (Å²) in [5.74, 6) is 6.32. The summed E-state index contributed by atoms with van der Waals surface area (Å²) < 4.78 is 0. The molecule has 0 aromatic carbocycles. The number of likely N-dealkylation sites (N-methyl/N-ethyl adjacent to an activating group) is 1. The molecular formula is C11H20N2O. The van der Waals surface area contributed by atoms with E-state index in [2.05, 4.69) is 36.2 Å². The summed E-state index contributed by atoms with van der Waals surface area (Å²) in [5.41, 5.74) is 0.822. The van der Waals surface area contributed by atoms with Crippen molar-refractivity contribution >= 4 is 5.71 Å². The van der Waals surface area contributed by atoms with Gasteiger partial charge in [-0.2, -0.15) is 0 Å². The summed E-state index contributed by atoms with van der Waals surface area (Å²) in [6.07, 6.45) is 0.849. The first-order valence-electron chi connectivity index (χ1n) is 5.05. The molecular weight excluding hydrogens is 176 g/mol. The Morgan fingerprint density at radius 3 is 2.71 bits per heavy atom. The van der Waals surface area contributed by atoms with Crippen molar-refractivity contribution in [1.82, 2.24) is 5.32 Å². The Labute approximate surface area is 86.9 Å². The van der Waals surface area contributed by atoms with Gasteiger partial charge in [-0.1, -0.05) is 31.8 Å². The zero-order chi connectivity index (χ0) is 10.8. The Kier molecular flexibility index (Phi) is 7.96. The first kappa shape index (κ1) is 13.0. The van der Waals surface area contributed by atoms with Crippen LogP contribution in [-0.4, -0.2) is 25.9 Å². The highest BCUT2D eigenvalue weighted by Crippen LogP contribution is 1.97. The third kappa shape index (κ3) is 6.50. The second-order valence-corrected chi connectivity index (χ2v) is 3.22. The van der Waals surface area contributed by atoms with Gasteiger partial charge in [0.2, 0.25) is 0 Å². The summed E-state index contributed by atoms with van der Waals surface area (Å²) in [6, 6.07) is 0. The SMILES string of the molecule is CCC#C/C(=N\OCCNC)C(C)C. The first-order chi connectivity index (χ1) is 6.72.